The summed E-state index contributed by atoms with van der Waals surface area (Å²) in [4.78, 5) is 34.6. The summed E-state index contributed by atoms with van der Waals surface area (Å²) in [7, 11) is 6.08. The number of methoxy groups -OCH3 is 4. The van der Waals surface area contributed by atoms with Gasteiger partial charge in [-0.25, -0.2) is 9.37 Å². The Kier molecular flexibility index (Phi) is 10.6. The van der Waals surface area contributed by atoms with Gasteiger partial charge in [0.25, 0.3) is 11.8 Å². The van der Waals surface area contributed by atoms with Crippen molar-refractivity contribution in [3.05, 3.63) is 135 Å². The Labute approximate surface area is 308 Å². The molecular formula is C40H36F4N4O6. The van der Waals surface area contributed by atoms with Crippen LogP contribution in [0.4, 0.5) is 29.1 Å². The number of pyridine rings is 1. The van der Waals surface area contributed by atoms with Crippen LogP contribution in [0.3, 0.4) is 0 Å². The molecular weight excluding hydrogens is 708 g/mol. The molecule has 4 aromatic carbocycles. The van der Waals surface area contributed by atoms with E-state index >= 15 is 0 Å². The molecule has 0 saturated carbocycles. The number of aromatic nitrogens is 1. The Morgan fingerprint density at radius 1 is 0.852 bits per heavy atom. The van der Waals surface area contributed by atoms with Crippen LogP contribution in [0.25, 0.3) is 0 Å². The lowest BCUT2D eigenvalue weighted by molar-refractivity contribution is -0.137. The predicted molar refractivity (Wildman–Crippen MR) is 193 cm³/mol. The number of carbonyl (C=O) groups is 2. The van der Waals surface area contributed by atoms with Crippen LogP contribution in [-0.4, -0.2) is 50.1 Å². The second-order valence-electron chi connectivity index (χ2n) is 12.4. The van der Waals surface area contributed by atoms with Gasteiger partial charge in [-0.2, -0.15) is 13.2 Å². The fraction of sp³-hybridized carbons (Fsp3) is 0.225. The summed E-state index contributed by atoms with van der Waals surface area (Å²) in [6.07, 6.45) is -3.57. The van der Waals surface area contributed by atoms with Gasteiger partial charge in [-0.05, 0) is 60.5 Å². The highest BCUT2D eigenvalue weighted by atomic mass is 19.4. The van der Waals surface area contributed by atoms with Gasteiger partial charge >= 0.3 is 6.18 Å². The van der Waals surface area contributed by atoms with Crippen molar-refractivity contribution >= 4 is 23.3 Å². The molecule has 0 radical (unpaired) electrons. The minimum absolute atomic E-state index is 0.0393. The number of nitrogens with zero attached hydrogens (tertiary/aromatic N) is 2. The van der Waals surface area contributed by atoms with Crippen molar-refractivity contribution in [1.29, 1.82) is 0 Å². The molecule has 0 aliphatic carbocycles. The standard InChI is InChI=1S/C40H36F4N4O6/c1-22-8-6-7-9-30(22)36-34-31(47-38(49)25-14-26(40(42,43)44)16-27(41)15-25)20-46-37(45-19-23-10-12-28(51-2)17-32(23)53-4)35(34)39(50)48(36)21-24-11-13-29(52-3)18-33(24)54-5/h6-18,20,36H,19,21H2,1-5H3,(H,45,46)(H,47,49). The lowest BCUT2D eigenvalue weighted by Crippen LogP contribution is -2.29. The van der Waals surface area contributed by atoms with Crippen LogP contribution in [-0.2, 0) is 19.3 Å². The third kappa shape index (κ3) is 7.45. The van der Waals surface area contributed by atoms with Crippen molar-refractivity contribution in [2.45, 2.75) is 32.2 Å². The predicted octanol–water partition coefficient (Wildman–Crippen LogP) is 8.19. The van der Waals surface area contributed by atoms with Gasteiger partial charge in [0.05, 0.1) is 64.0 Å². The van der Waals surface area contributed by atoms with E-state index < -0.39 is 41.0 Å². The molecule has 2 amide bonds. The largest absolute Gasteiger partial charge is 0.497 e. The lowest BCUT2D eigenvalue weighted by atomic mass is 9.93. The smallest absolute Gasteiger partial charge is 0.416 e. The molecule has 2 heterocycles. The summed E-state index contributed by atoms with van der Waals surface area (Å²) >= 11 is 0. The molecule has 54 heavy (non-hydrogen) atoms. The lowest BCUT2D eigenvalue weighted by Gasteiger charge is -2.28. The number of benzene rings is 4. The van der Waals surface area contributed by atoms with E-state index in [1.165, 1.54) is 34.6 Å². The summed E-state index contributed by atoms with van der Waals surface area (Å²) in [5.74, 6) is -0.428. The summed E-state index contributed by atoms with van der Waals surface area (Å²) in [6, 6.07) is 18.6. The first-order chi connectivity index (χ1) is 25.9. The van der Waals surface area contributed by atoms with Crippen molar-refractivity contribution in [2.24, 2.45) is 0 Å². The minimum Gasteiger partial charge on any atom is -0.497 e. The van der Waals surface area contributed by atoms with Crippen LogP contribution in [0.5, 0.6) is 23.0 Å². The topological polar surface area (TPSA) is 111 Å². The van der Waals surface area contributed by atoms with Crippen LogP contribution in [0.2, 0.25) is 0 Å². The van der Waals surface area contributed by atoms with Crippen molar-refractivity contribution in [3.8, 4) is 23.0 Å². The summed E-state index contributed by atoms with van der Waals surface area (Å²) in [5, 5.41) is 5.89. The first-order valence-corrected chi connectivity index (χ1v) is 16.6. The van der Waals surface area contributed by atoms with Gasteiger partial charge in [0.15, 0.2) is 0 Å². The van der Waals surface area contributed by atoms with Crippen LogP contribution in [0.15, 0.2) is 85.1 Å². The summed E-state index contributed by atoms with van der Waals surface area (Å²) in [6.45, 7) is 2.08. The Morgan fingerprint density at radius 3 is 2.13 bits per heavy atom. The van der Waals surface area contributed by atoms with E-state index in [4.69, 9.17) is 18.9 Å². The number of fused-ring (bicyclic) bond motifs is 1. The molecule has 0 saturated heterocycles. The number of halogens is 4. The molecule has 1 aliphatic rings. The third-order valence-corrected chi connectivity index (χ3v) is 9.17. The maximum atomic E-state index is 14.8. The average Bonchev–Trinajstić information content (AvgIpc) is 3.45. The fourth-order valence-electron chi connectivity index (χ4n) is 6.48. The number of hydrogen-bond acceptors (Lipinski definition) is 8. The molecule has 5 aromatic rings. The zero-order chi connectivity index (χ0) is 38.7. The van der Waals surface area contributed by atoms with Crippen LogP contribution in [0, 0.1) is 12.7 Å². The number of nitrogens with one attached hydrogen (secondary N) is 2. The Balaban J connectivity index is 1.50. The third-order valence-electron chi connectivity index (χ3n) is 9.17. The number of aryl methyl sites for hydroxylation is 1. The Morgan fingerprint density at radius 2 is 1.50 bits per heavy atom. The van der Waals surface area contributed by atoms with Gasteiger partial charge in [-0.1, -0.05) is 24.3 Å². The molecule has 0 fully saturated rings. The van der Waals surface area contributed by atoms with Gasteiger partial charge in [-0.15, -0.1) is 0 Å². The number of carbonyl (C=O) groups excluding carboxylic acids is 2. The maximum Gasteiger partial charge on any atom is 0.416 e. The van der Waals surface area contributed by atoms with E-state index in [2.05, 4.69) is 15.6 Å². The molecule has 1 unspecified atom stereocenters. The van der Waals surface area contributed by atoms with Crippen molar-refractivity contribution in [2.75, 3.05) is 39.1 Å². The molecule has 2 N–H and O–H groups in total. The first-order valence-electron chi connectivity index (χ1n) is 16.6. The van der Waals surface area contributed by atoms with Gasteiger partial charge in [-0.3, -0.25) is 9.59 Å². The quantitative estimate of drug-likeness (QED) is 0.123. The second-order valence-corrected chi connectivity index (χ2v) is 12.4. The van der Waals surface area contributed by atoms with Crippen molar-refractivity contribution in [1.82, 2.24) is 9.88 Å². The van der Waals surface area contributed by atoms with Crippen LogP contribution < -0.4 is 29.6 Å². The van der Waals surface area contributed by atoms with Crippen molar-refractivity contribution in [3.63, 3.8) is 0 Å². The number of alkyl halides is 3. The van der Waals surface area contributed by atoms with Gasteiger partial charge in [0.1, 0.15) is 34.6 Å². The molecule has 1 atom stereocenters. The first kappa shape index (κ1) is 37.4. The molecule has 280 valence electrons. The molecule has 10 nitrogen and oxygen atoms in total. The minimum atomic E-state index is -4.90. The van der Waals surface area contributed by atoms with Gasteiger partial charge < -0.3 is 34.5 Å². The van der Waals surface area contributed by atoms with Crippen LogP contribution >= 0.6 is 0 Å². The molecule has 0 spiro atoms. The van der Waals surface area contributed by atoms with Crippen molar-refractivity contribution < 1.29 is 46.1 Å². The number of amides is 2. The number of ether oxygens (including phenoxy) is 4. The van der Waals surface area contributed by atoms with E-state index in [1.807, 2.05) is 31.2 Å². The van der Waals surface area contributed by atoms with E-state index in [-0.39, 0.29) is 30.2 Å². The number of anilines is 2. The van der Waals surface area contributed by atoms with Gasteiger partial charge in [0.2, 0.25) is 0 Å². The number of rotatable bonds is 12. The molecule has 1 aromatic heterocycles. The zero-order valence-electron chi connectivity index (χ0n) is 29.9. The Hall–Kier alpha value is -6.31. The summed E-state index contributed by atoms with van der Waals surface area (Å²) in [5.41, 5.74) is 1.52. The zero-order valence-corrected chi connectivity index (χ0v) is 29.9. The average molecular weight is 745 g/mol. The SMILES string of the molecule is COc1ccc(CNc2ncc(NC(=O)c3cc(F)cc(C(F)(F)F)c3)c3c2C(=O)N(Cc2ccc(OC)cc2OC)C3c2ccccc2C)c(OC)c1. The summed E-state index contributed by atoms with van der Waals surface area (Å²) < 4.78 is 77.1. The monoisotopic (exact) mass is 744 g/mol. The normalized spacial score (nSPS) is 13.7. The number of hydrogen-bond donors (Lipinski definition) is 2. The molecule has 14 heteroatoms. The van der Waals surface area contributed by atoms with Crippen LogP contribution in [0.1, 0.15) is 60.1 Å². The van der Waals surface area contributed by atoms with E-state index in [9.17, 15) is 27.2 Å². The molecule has 1 aliphatic heterocycles. The molecule has 0 bridgehead atoms. The molecule has 6 rings (SSSR count). The Bertz CT molecular complexity index is 2230. The van der Waals surface area contributed by atoms with E-state index in [1.54, 1.807) is 41.3 Å². The highest BCUT2D eigenvalue weighted by Gasteiger charge is 2.43. The highest BCUT2D eigenvalue weighted by Crippen LogP contribution is 2.47. The highest BCUT2D eigenvalue weighted by molar-refractivity contribution is 6.09. The van der Waals surface area contributed by atoms with E-state index in [0.717, 1.165) is 11.1 Å². The fourth-order valence-corrected chi connectivity index (χ4v) is 6.48. The maximum absolute atomic E-state index is 14.8. The second kappa shape index (κ2) is 15.3. The van der Waals surface area contributed by atoms with Gasteiger partial charge in [0, 0.05) is 40.9 Å². The van der Waals surface area contributed by atoms with E-state index in [0.29, 0.717) is 57.9 Å².